The number of nitrogens with zero attached hydrogens (tertiary/aromatic N) is 2. The van der Waals surface area contributed by atoms with E-state index in [1.807, 2.05) is 4.90 Å². The molecule has 0 N–H and O–H groups in total. The van der Waals surface area contributed by atoms with Gasteiger partial charge in [0.05, 0.1) is 0 Å². The monoisotopic (exact) mass is 342 g/mol. The number of rotatable bonds is 3. The molecule has 2 aliphatic heterocycles. The van der Waals surface area contributed by atoms with Gasteiger partial charge in [-0.3, -0.25) is 0 Å². The molecule has 0 saturated carbocycles. The first kappa shape index (κ1) is 15.6. The summed E-state index contributed by atoms with van der Waals surface area (Å²) in [6.45, 7) is 4.01. The summed E-state index contributed by atoms with van der Waals surface area (Å²) in [5.41, 5.74) is 0. The van der Waals surface area contributed by atoms with Crippen molar-refractivity contribution in [3.63, 3.8) is 0 Å². The minimum Gasteiger partial charge on any atom is -0.302 e. The summed E-state index contributed by atoms with van der Waals surface area (Å²) in [5, 5.41) is 0. The fourth-order valence-electron chi connectivity index (χ4n) is 3.08. The van der Waals surface area contributed by atoms with Crippen molar-refractivity contribution in [1.29, 1.82) is 0 Å². The molecule has 0 amide bonds. The van der Waals surface area contributed by atoms with Gasteiger partial charge in [0.15, 0.2) is 0 Å². The number of alkyl halides is 4. The first-order valence-corrected chi connectivity index (χ1v) is 8.05. The van der Waals surface area contributed by atoms with Gasteiger partial charge in [-0.05, 0) is 51.9 Å². The predicted octanol–water partition coefficient (Wildman–Crippen LogP) is 3.26. The van der Waals surface area contributed by atoms with Crippen LogP contribution in [0, 0.1) is 0 Å². The van der Waals surface area contributed by atoms with Crippen molar-refractivity contribution in [2.45, 2.75) is 49.1 Å². The summed E-state index contributed by atoms with van der Waals surface area (Å²) >= 11 is 2.75. The van der Waals surface area contributed by atoms with Crippen LogP contribution in [0.5, 0.6) is 0 Å². The summed E-state index contributed by atoms with van der Waals surface area (Å²) in [7, 11) is 0. The van der Waals surface area contributed by atoms with Crippen molar-refractivity contribution in [3.05, 3.63) is 0 Å². The third kappa shape index (κ3) is 4.60. The topological polar surface area (TPSA) is 6.48 Å². The van der Waals surface area contributed by atoms with Crippen LogP contribution in [-0.2, 0) is 0 Å². The molecule has 0 spiro atoms. The lowest BCUT2D eigenvalue weighted by molar-refractivity contribution is -0.131. The fraction of sp³-hybridized carbons (Fsp3) is 1.00. The van der Waals surface area contributed by atoms with Crippen LogP contribution in [-0.4, -0.2) is 59.6 Å². The molecule has 0 aromatic heterocycles. The van der Waals surface area contributed by atoms with Crippen LogP contribution >= 0.6 is 15.9 Å². The standard InChI is InChI=1S/C13H22BrF3N2/c14-12(13(15,16)17)10-18-8-4-11(5-9-18)19-6-2-1-3-7-19/h11-12H,1-10H2. The average molecular weight is 343 g/mol. The Kier molecular flexibility index (Phi) is 5.55. The van der Waals surface area contributed by atoms with E-state index in [2.05, 4.69) is 20.8 Å². The van der Waals surface area contributed by atoms with E-state index in [-0.39, 0.29) is 6.54 Å². The molecule has 2 rings (SSSR count). The molecule has 0 aromatic carbocycles. The molecule has 2 aliphatic rings. The molecule has 2 saturated heterocycles. The van der Waals surface area contributed by atoms with E-state index in [1.54, 1.807) is 0 Å². The molecule has 1 unspecified atom stereocenters. The highest BCUT2D eigenvalue weighted by Crippen LogP contribution is 2.28. The normalized spacial score (nSPS) is 26.5. The van der Waals surface area contributed by atoms with Gasteiger partial charge in [0.1, 0.15) is 4.83 Å². The van der Waals surface area contributed by atoms with Crippen LogP contribution in [0.3, 0.4) is 0 Å². The van der Waals surface area contributed by atoms with E-state index in [1.165, 1.54) is 32.4 Å². The Hall–Kier alpha value is 0.190. The Morgan fingerprint density at radius 3 is 2.11 bits per heavy atom. The maximum atomic E-state index is 12.5. The molecule has 0 aromatic rings. The largest absolute Gasteiger partial charge is 0.402 e. The van der Waals surface area contributed by atoms with E-state index in [0.29, 0.717) is 6.04 Å². The number of halogens is 4. The van der Waals surface area contributed by atoms with Gasteiger partial charge in [0.2, 0.25) is 0 Å². The molecular weight excluding hydrogens is 321 g/mol. The maximum absolute atomic E-state index is 12.5. The van der Waals surface area contributed by atoms with Crippen LogP contribution in [0.4, 0.5) is 13.2 Å². The van der Waals surface area contributed by atoms with Crippen LogP contribution in [0.15, 0.2) is 0 Å². The van der Waals surface area contributed by atoms with E-state index >= 15 is 0 Å². The van der Waals surface area contributed by atoms with Crippen LogP contribution in [0.2, 0.25) is 0 Å². The summed E-state index contributed by atoms with van der Waals surface area (Å²) < 4.78 is 37.5. The minimum atomic E-state index is -4.14. The lowest BCUT2D eigenvalue weighted by Gasteiger charge is -2.40. The van der Waals surface area contributed by atoms with Crippen molar-refractivity contribution >= 4 is 15.9 Å². The molecule has 19 heavy (non-hydrogen) atoms. The Morgan fingerprint density at radius 2 is 1.58 bits per heavy atom. The van der Waals surface area contributed by atoms with Crippen molar-refractivity contribution in [1.82, 2.24) is 9.80 Å². The summed E-state index contributed by atoms with van der Waals surface area (Å²) in [6, 6.07) is 0.594. The highest BCUT2D eigenvalue weighted by atomic mass is 79.9. The van der Waals surface area contributed by atoms with E-state index in [4.69, 9.17) is 0 Å². The van der Waals surface area contributed by atoms with Gasteiger partial charge in [0.25, 0.3) is 0 Å². The Bertz CT molecular complexity index is 272. The van der Waals surface area contributed by atoms with Crippen LogP contribution in [0.25, 0.3) is 0 Å². The van der Waals surface area contributed by atoms with Gasteiger partial charge in [-0.25, -0.2) is 0 Å². The Labute approximate surface area is 121 Å². The molecule has 1 atom stereocenters. The third-order valence-corrected chi connectivity index (χ3v) is 5.05. The first-order chi connectivity index (χ1) is 8.97. The molecular formula is C13H22BrF3N2. The lowest BCUT2D eigenvalue weighted by Crippen LogP contribution is -2.48. The minimum absolute atomic E-state index is 0.0796. The maximum Gasteiger partial charge on any atom is 0.402 e. The van der Waals surface area contributed by atoms with Crippen molar-refractivity contribution in [3.8, 4) is 0 Å². The second kappa shape index (κ2) is 6.76. The van der Waals surface area contributed by atoms with Crippen molar-refractivity contribution in [2.75, 3.05) is 32.7 Å². The number of hydrogen-bond acceptors (Lipinski definition) is 2. The van der Waals surface area contributed by atoms with Gasteiger partial charge in [0, 0.05) is 12.6 Å². The van der Waals surface area contributed by atoms with E-state index < -0.39 is 11.0 Å². The molecule has 0 bridgehead atoms. The summed E-state index contributed by atoms with van der Waals surface area (Å²) in [4.78, 5) is 3.08. The molecule has 112 valence electrons. The van der Waals surface area contributed by atoms with Gasteiger partial charge in [-0.2, -0.15) is 13.2 Å². The fourth-order valence-corrected chi connectivity index (χ4v) is 3.49. The third-order valence-electron chi connectivity index (χ3n) is 4.24. The van der Waals surface area contributed by atoms with Gasteiger partial charge in [-0.15, -0.1) is 0 Å². The second-order valence-electron chi connectivity index (χ2n) is 5.64. The predicted molar refractivity (Wildman–Crippen MR) is 73.7 cm³/mol. The molecule has 2 heterocycles. The zero-order chi connectivity index (χ0) is 13.9. The van der Waals surface area contributed by atoms with Gasteiger partial charge in [-0.1, -0.05) is 22.4 Å². The number of likely N-dealkylation sites (tertiary alicyclic amines) is 2. The Morgan fingerprint density at radius 1 is 1.00 bits per heavy atom. The lowest BCUT2D eigenvalue weighted by atomic mass is 10.00. The van der Waals surface area contributed by atoms with E-state index in [0.717, 1.165) is 25.9 Å². The zero-order valence-corrected chi connectivity index (χ0v) is 12.7. The molecule has 2 fully saturated rings. The molecule has 0 radical (unpaired) electrons. The van der Waals surface area contributed by atoms with Crippen LogP contribution in [0.1, 0.15) is 32.1 Å². The molecule has 6 heteroatoms. The summed E-state index contributed by atoms with van der Waals surface area (Å²) in [6.07, 6.45) is 1.76. The van der Waals surface area contributed by atoms with Crippen molar-refractivity contribution < 1.29 is 13.2 Å². The van der Waals surface area contributed by atoms with E-state index in [9.17, 15) is 13.2 Å². The van der Waals surface area contributed by atoms with Gasteiger partial charge >= 0.3 is 6.18 Å². The quantitative estimate of drug-likeness (QED) is 0.726. The second-order valence-corrected chi connectivity index (χ2v) is 6.74. The number of piperidine rings is 2. The highest BCUT2D eigenvalue weighted by Gasteiger charge is 2.39. The SMILES string of the molecule is FC(F)(F)C(Br)CN1CCC(N2CCCCC2)CC1. The zero-order valence-electron chi connectivity index (χ0n) is 11.1. The number of hydrogen-bond donors (Lipinski definition) is 0. The average Bonchev–Trinajstić information content (AvgIpc) is 2.39. The first-order valence-electron chi connectivity index (χ1n) is 7.14. The Balaban J connectivity index is 1.73. The van der Waals surface area contributed by atoms with Gasteiger partial charge < -0.3 is 9.80 Å². The smallest absolute Gasteiger partial charge is 0.302 e. The summed E-state index contributed by atoms with van der Waals surface area (Å²) in [5.74, 6) is 0. The molecule has 2 nitrogen and oxygen atoms in total. The van der Waals surface area contributed by atoms with Crippen molar-refractivity contribution in [2.24, 2.45) is 0 Å². The van der Waals surface area contributed by atoms with Crippen LogP contribution < -0.4 is 0 Å². The highest BCUT2D eigenvalue weighted by molar-refractivity contribution is 9.09. The molecule has 0 aliphatic carbocycles.